The lowest BCUT2D eigenvalue weighted by molar-refractivity contribution is 0.347. The molecule has 0 N–H and O–H groups in total. The van der Waals surface area contributed by atoms with Crippen LogP contribution in [0.1, 0.15) is 57.7 Å². The predicted molar refractivity (Wildman–Crippen MR) is 205 cm³/mol. The lowest BCUT2D eigenvalue weighted by atomic mass is 9.73. The van der Waals surface area contributed by atoms with Crippen LogP contribution in [0.25, 0.3) is 60.2 Å². The van der Waals surface area contributed by atoms with Crippen LogP contribution >= 0.6 is 0 Å². The summed E-state index contributed by atoms with van der Waals surface area (Å²) in [6.45, 7) is 8.10. The van der Waals surface area contributed by atoms with Gasteiger partial charge in [0.05, 0.1) is 11.0 Å². The molecule has 0 aliphatic heterocycles. The van der Waals surface area contributed by atoms with Gasteiger partial charge in [0.2, 0.25) is 0 Å². The van der Waals surface area contributed by atoms with E-state index in [1.165, 1.54) is 0 Å². The molecule has 6 heteroatoms. The summed E-state index contributed by atoms with van der Waals surface area (Å²) in [5.74, 6) is -5.29. The van der Waals surface area contributed by atoms with Crippen LogP contribution in [0.15, 0.2) is 116 Å². The fraction of sp³-hybridized carbons (Fsp3) is 0.196. The van der Waals surface area contributed by atoms with Crippen LogP contribution in [0.5, 0.6) is 0 Å². The Labute approximate surface area is 300 Å². The van der Waals surface area contributed by atoms with Crippen LogP contribution in [0.3, 0.4) is 0 Å². The van der Waals surface area contributed by atoms with Crippen LogP contribution < -0.4 is 0 Å². The van der Waals surface area contributed by atoms with E-state index in [4.69, 9.17) is 0 Å². The highest BCUT2D eigenvalue weighted by atomic mass is 19.2. The molecule has 52 heavy (non-hydrogen) atoms. The van der Waals surface area contributed by atoms with Crippen molar-refractivity contribution in [2.45, 2.75) is 58.3 Å². The molecule has 0 radical (unpaired) electrons. The van der Waals surface area contributed by atoms with E-state index in [-0.39, 0.29) is 12.8 Å². The van der Waals surface area contributed by atoms with E-state index in [1.54, 1.807) is 34.6 Å². The van der Waals surface area contributed by atoms with Gasteiger partial charge in [-0.3, -0.25) is 4.57 Å². The summed E-state index contributed by atoms with van der Waals surface area (Å²) in [5, 5.41) is 6.35. The van der Waals surface area contributed by atoms with Gasteiger partial charge in [0.1, 0.15) is 6.33 Å². The molecule has 260 valence electrons. The van der Waals surface area contributed by atoms with Crippen LogP contribution in [0, 0.1) is 23.3 Å². The van der Waals surface area contributed by atoms with E-state index in [0.717, 1.165) is 65.7 Å². The molecule has 0 aliphatic rings. The van der Waals surface area contributed by atoms with E-state index < -0.39 is 45.2 Å². The average Bonchev–Trinajstić information content (AvgIpc) is 3.57. The van der Waals surface area contributed by atoms with Crippen molar-refractivity contribution >= 4 is 43.4 Å². The summed E-state index contributed by atoms with van der Waals surface area (Å²) in [6, 6.07) is 37.2. The molecule has 0 bridgehead atoms. The molecule has 0 fully saturated rings. The zero-order valence-electron chi connectivity index (χ0n) is 29.8. The van der Waals surface area contributed by atoms with Crippen molar-refractivity contribution in [3.05, 3.63) is 155 Å². The second kappa shape index (κ2) is 12.3. The van der Waals surface area contributed by atoms with E-state index in [2.05, 4.69) is 76.3 Å². The lowest BCUT2D eigenvalue weighted by Crippen LogP contribution is -2.30. The molecule has 0 spiro atoms. The summed E-state index contributed by atoms with van der Waals surface area (Å²) >= 11 is 0. The number of hydrogen-bond donors (Lipinski definition) is 0. The monoisotopic (exact) mass is 694 g/mol. The Kier molecular flexibility index (Phi) is 7.98. The van der Waals surface area contributed by atoms with E-state index >= 15 is 17.6 Å². The highest BCUT2D eigenvalue weighted by Crippen LogP contribution is 2.44. The zero-order chi connectivity index (χ0) is 36.5. The van der Waals surface area contributed by atoms with Gasteiger partial charge in [-0.25, -0.2) is 22.5 Å². The van der Waals surface area contributed by atoms with Gasteiger partial charge in [-0.05, 0) is 91.5 Å². The number of fused-ring (bicyclic) bond motifs is 7. The number of halogens is 4. The molecule has 2 nitrogen and oxygen atoms in total. The second-order valence-corrected chi connectivity index (χ2v) is 15.2. The predicted octanol–water partition coefficient (Wildman–Crippen LogP) is 12.9. The number of para-hydroxylation sites is 1. The first-order chi connectivity index (χ1) is 24.9. The van der Waals surface area contributed by atoms with E-state index in [0.29, 0.717) is 0 Å². The average molecular weight is 695 g/mol. The molecule has 1 aromatic heterocycles. The maximum absolute atomic E-state index is 15.9. The molecule has 0 saturated heterocycles. The summed E-state index contributed by atoms with van der Waals surface area (Å²) in [4.78, 5) is 4.66. The van der Waals surface area contributed by atoms with Crippen molar-refractivity contribution in [1.29, 1.82) is 0 Å². The quantitative estimate of drug-likeness (QED) is 0.0962. The standard InChI is InChI=1S/C46H38F4N2/c1-6-46(5,40-43(49)41(47)39(45(2,3)4)42(48)44(40)50)25-27-19-21-34-35(23-27)32-16-11-10-15-31(32)33-18-12-17-30(38(33)34)28-20-22-36-37(24-28)52(26-51-36)29-13-8-7-9-14-29/h7-24,26H,6,25H2,1-5H3. The Balaban J connectivity index is 1.32. The fourth-order valence-electron chi connectivity index (χ4n) is 8.03. The number of benzene rings is 7. The Hall–Kier alpha value is -5.49. The van der Waals surface area contributed by atoms with Gasteiger partial charge >= 0.3 is 0 Å². The maximum Gasteiger partial charge on any atom is 0.166 e. The van der Waals surface area contributed by atoms with E-state index in [9.17, 15) is 0 Å². The fourth-order valence-corrected chi connectivity index (χ4v) is 8.03. The zero-order valence-corrected chi connectivity index (χ0v) is 29.8. The molecule has 0 saturated carbocycles. The molecule has 1 atom stereocenters. The van der Waals surface area contributed by atoms with Gasteiger partial charge in [-0.1, -0.05) is 120 Å². The van der Waals surface area contributed by atoms with Gasteiger partial charge in [0.25, 0.3) is 0 Å². The molecule has 8 aromatic rings. The molecular weight excluding hydrogens is 657 g/mol. The third kappa shape index (κ3) is 5.26. The Morgan fingerprint density at radius 2 is 1.21 bits per heavy atom. The molecule has 1 heterocycles. The first-order valence-electron chi connectivity index (χ1n) is 17.7. The van der Waals surface area contributed by atoms with Crippen molar-refractivity contribution in [1.82, 2.24) is 9.55 Å². The van der Waals surface area contributed by atoms with Crippen LogP contribution in [-0.2, 0) is 17.3 Å². The third-order valence-corrected chi connectivity index (χ3v) is 10.8. The third-order valence-electron chi connectivity index (χ3n) is 10.8. The SMILES string of the molecule is CCC(C)(Cc1ccc2c(c1)c1ccccc1c1cccc(-c3ccc4ncn(-c5ccccc5)c4c3)c12)c1c(F)c(F)c(C(C)(C)C)c(F)c1F. The Morgan fingerprint density at radius 1 is 0.596 bits per heavy atom. The van der Waals surface area contributed by atoms with Gasteiger partial charge in [-0.2, -0.15) is 0 Å². The van der Waals surface area contributed by atoms with Crippen molar-refractivity contribution in [3.63, 3.8) is 0 Å². The number of rotatable bonds is 6. The van der Waals surface area contributed by atoms with Gasteiger partial charge in [0, 0.05) is 22.2 Å². The largest absolute Gasteiger partial charge is 0.299 e. The topological polar surface area (TPSA) is 17.8 Å². The number of hydrogen-bond acceptors (Lipinski definition) is 1. The number of nitrogens with zero attached hydrogens (tertiary/aromatic N) is 2. The van der Waals surface area contributed by atoms with Gasteiger partial charge in [-0.15, -0.1) is 0 Å². The van der Waals surface area contributed by atoms with Crippen LogP contribution in [-0.4, -0.2) is 9.55 Å². The first-order valence-corrected chi connectivity index (χ1v) is 17.7. The Morgan fingerprint density at radius 3 is 1.88 bits per heavy atom. The van der Waals surface area contributed by atoms with Crippen molar-refractivity contribution < 1.29 is 17.6 Å². The number of imidazole rings is 1. The van der Waals surface area contributed by atoms with Crippen molar-refractivity contribution in [2.24, 2.45) is 0 Å². The van der Waals surface area contributed by atoms with Gasteiger partial charge in [0.15, 0.2) is 23.3 Å². The first kappa shape index (κ1) is 33.6. The lowest BCUT2D eigenvalue weighted by Gasteiger charge is -2.32. The highest BCUT2D eigenvalue weighted by molar-refractivity contribution is 6.28. The minimum atomic E-state index is -1.32. The van der Waals surface area contributed by atoms with Crippen molar-refractivity contribution in [3.8, 4) is 16.8 Å². The molecule has 0 amide bonds. The second-order valence-electron chi connectivity index (χ2n) is 15.2. The molecule has 0 aliphatic carbocycles. The highest BCUT2D eigenvalue weighted by Gasteiger charge is 2.39. The summed E-state index contributed by atoms with van der Waals surface area (Å²) in [6.07, 6.45) is 2.29. The maximum atomic E-state index is 15.9. The van der Waals surface area contributed by atoms with Crippen molar-refractivity contribution in [2.75, 3.05) is 0 Å². The minimum Gasteiger partial charge on any atom is -0.299 e. The molecule has 7 aromatic carbocycles. The summed E-state index contributed by atoms with van der Waals surface area (Å²) in [7, 11) is 0. The molecular formula is C46H38F4N2. The summed E-state index contributed by atoms with van der Waals surface area (Å²) in [5.41, 5.74) is 2.37. The van der Waals surface area contributed by atoms with Gasteiger partial charge < -0.3 is 0 Å². The number of aromatic nitrogens is 2. The smallest absolute Gasteiger partial charge is 0.166 e. The normalized spacial score (nSPS) is 13.4. The molecule has 1 unspecified atom stereocenters. The van der Waals surface area contributed by atoms with Crippen LogP contribution in [0.2, 0.25) is 0 Å². The minimum absolute atomic E-state index is 0.176. The Bertz CT molecular complexity index is 2660. The molecule has 8 rings (SSSR count). The van der Waals surface area contributed by atoms with Crippen LogP contribution in [0.4, 0.5) is 17.6 Å². The summed E-state index contributed by atoms with van der Waals surface area (Å²) < 4.78 is 64.8. The van der Waals surface area contributed by atoms with E-state index in [1.807, 2.05) is 48.8 Å².